The number of benzene rings is 2. The first-order valence-corrected chi connectivity index (χ1v) is 10.5. The van der Waals surface area contributed by atoms with Crippen molar-refractivity contribution in [1.29, 1.82) is 0 Å². The van der Waals surface area contributed by atoms with E-state index in [1.807, 2.05) is 43.6 Å². The van der Waals surface area contributed by atoms with Crippen molar-refractivity contribution in [3.63, 3.8) is 0 Å². The zero-order chi connectivity index (χ0) is 22.7. The van der Waals surface area contributed by atoms with Gasteiger partial charge in [-0.15, -0.1) is 0 Å². The van der Waals surface area contributed by atoms with Gasteiger partial charge in [-0.3, -0.25) is 14.5 Å². The van der Waals surface area contributed by atoms with Crippen molar-refractivity contribution in [2.45, 2.75) is 13.3 Å². The number of anilines is 2. The summed E-state index contributed by atoms with van der Waals surface area (Å²) in [6, 6.07) is 11.6. The van der Waals surface area contributed by atoms with E-state index in [0.717, 1.165) is 46.6 Å². The fourth-order valence-electron chi connectivity index (χ4n) is 3.62. The van der Waals surface area contributed by atoms with Gasteiger partial charge in [0.25, 0.3) is 5.91 Å². The second-order valence-corrected chi connectivity index (χ2v) is 7.48. The van der Waals surface area contributed by atoms with Crippen LogP contribution in [0, 0.1) is 0 Å². The van der Waals surface area contributed by atoms with Crippen molar-refractivity contribution in [3.8, 4) is 17.0 Å². The number of nitrogens with zero attached hydrogens (tertiary/aromatic N) is 5. The Morgan fingerprint density at radius 2 is 1.97 bits per heavy atom. The second kappa shape index (κ2) is 9.05. The topological polar surface area (TPSA) is 85.2 Å². The minimum atomic E-state index is -0.160. The van der Waals surface area contributed by atoms with E-state index >= 15 is 0 Å². The molecule has 1 N–H and O–H groups in total. The van der Waals surface area contributed by atoms with Gasteiger partial charge in [0.2, 0.25) is 0 Å². The molecule has 0 fully saturated rings. The van der Waals surface area contributed by atoms with Gasteiger partial charge in [-0.2, -0.15) is 5.10 Å². The molecule has 164 valence electrons. The summed E-state index contributed by atoms with van der Waals surface area (Å²) in [7, 11) is 5.09. The molecule has 32 heavy (non-hydrogen) atoms. The summed E-state index contributed by atoms with van der Waals surface area (Å²) in [6.07, 6.45) is 6.38. The van der Waals surface area contributed by atoms with Gasteiger partial charge < -0.3 is 15.0 Å². The van der Waals surface area contributed by atoms with Crippen LogP contribution in [-0.2, 0) is 7.05 Å². The van der Waals surface area contributed by atoms with Crippen LogP contribution in [0.4, 0.5) is 11.4 Å². The van der Waals surface area contributed by atoms with E-state index in [0.29, 0.717) is 11.3 Å². The Morgan fingerprint density at radius 3 is 2.66 bits per heavy atom. The maximum atomic E-state index is 12.3. The number of carbonyl (C=O) groups excluding carboxylic acids is 1. The second-order valence-electron chi connectivity index (χ2n) is 7.48. The highest BCUT2D eigenvalue weighted by Gasteiger charge is 2.15. The first-order chi connectivity index (χ1) is 15.5. The molecule has 4 aromatic rings. The molecule has 0 atom stereocenters. The summed E-state index contributed by atoms with van der Waals surface area (Å²) in [5.74, 6) is 0.466. The molecular weight excluding hydrogens is 404 g/mol. The molecule has 0 aliphatic carbocycles. The van der Waals surface area contributed by atoms with E-state index in [-0.39, 0.29) is 5.91 Å². The molecule has 1 amide bonds. The quantitative estimate of drug-likeness (QED) is 0.478. The number of hydrogen-bond donors (Lipinski definition) is 1. The van der Waals surface area contributed by atoms with Gasteiger partial charge in [-0.05, 0) is 36.8 Å². The molecule has 0 aliphatic rings. The molecule has 0 unspecified atom stereocenters. The Balaban J connectivity index is 1.79. The lowest BCUT2D eigenvalue weighted by atomic mass is 10.1. The summed E-state index contributed by atoms with van der Waals surface area (Å²) in [6.45, 7) is 2.88. The van der Waals surface area contributed by atoms with Gasteiger partial charge >= 0.3 is 0 Å². The zero-order valence-corrected chi connectivity index (χ0v) is 18.7. The number of aromatic nitrogens is 4. The van der Waals surface area contributed by atoms with E-state index in [1.54, 1.807) is 37.3 Å². The standard InChI is InChI=1S/C24H26N6O2/c1-5-8-30(19-9-16(24(31)25-2)10-20(11-19)32-4)18-6-7-21-22(12-18)28-23(14-26-21)17-13-27-29(3)15-17/h6-7,9-15H,5,8H2,1-4H3,(H,25,31). The largest absolute Gasteiger partial charge is 0.497 e. The van der Waals surface area contributed by atoms with Gasteiger partial charge in [0, 0.05) is 55.4 Å². The number of amides is 1. The third kappa shape index (κ3) is 4.25. The summed E-state index contributed by atoms with van der Waals surface area (Å²) < 4.78 is 7.20. The molecule has 8 heteroatoms. The van der Waals surface area contributed by atoms with Crippen LogP contribution in [0.5, 0.6) is 5.75 Å². The maximum absolute atomic E-state index is 12.3. The molecule has 0 bridgehead atoms. The highest BCUT2D eigenvalue weighted by Crippen LogP contribution is 2.32. The number of methoxy groups -OCH3 is 1. The zero-order valence-electron chi connectivity index (χ0n) is 18.7. The molecule has 2 aromatic carbocycles. The van der Waals surface area contributed by atoms with Crippen LogP contribution in [0.25, 0.3) is 22.3 Å². The van der Waals surface area contributed by atoms with Gasteiger partial charge in [0.05, 0.1) is 36.2 Å². The normalized spacial score (nSPS) is 10.9. The van der Waals surface area contributed by atoms with E-state index < -0.39 is 0 Å². The van der Waals surface area contributed by atoms with Crippen LogP contribution in [0.2, 0.25) is 0 Å². The van der Waals surface area contributed by atoms with Crippen molar-refractivity contribution in [2.75, 3.05) is 25.6 Å². The highest BCUT2D eigenvalue weighted by molar-refractivity contribution is 5.96. The monoisotopic (exact) mass is 430 g/mol. The van der Waals surface area contributed by atoms with E-state index in [4.69, 9.17) is 9.72 Å². The van der Waals surface area contributed by atoms with Crippen LogP contribution >= 0.6 is 0 Å². The first kappa shape index (κ1) is 21.3. The van der Waals surface area contributed by atoms with Crippen LogP contribution < -0.4 is 15.0 Å². The molecule has 0 saturated heterocycles. The Morgan fingerprint density at radius 1 is 1.12 bits per heavy atom. The van der Waals surface area contributed by atoms with E-state index in [9.17, 15) is 4.79 Å². The number of carbonyl (C=O) groups is 1. The van der Waals surface area contributed by atoms with Crippen molar-refractivity contribution >= 4 is 28.3 Å². The van der Waals surface area contributed by atoms with Gasteiger partial charge in [0.15, 0.2) is 0 Å². The smallest absolute Gasteiger partial charge is 0.251 e. The van der Waals surface area contributed by atoms with Crippen LogP contribution in [-0.4, -0.2) is 46.4 Å². The molecule has 2 aromatic heterocycles. The SMILES string of the molecule is CCCN(c1cc(OC)cc(C(=O)NC)c1)c1ccc2ncc(-c3cnn(C)c3)nc2c1. The van der Waals surface area contributed by atoms with E-state index in [2.05, 4.69) is 27.2 Å². The summed E-state index contributed by atoms with van der Waals surface area (Å²) >= 11 is 0. The molecular formula is C24H26N6O2. The van der Waals surface area contributed by atoms with Crippen molar-refractivity contribution < 1.29 is 9.53 Å². The minimum Gasteiger partial charge on any atom is -0.497 e. The summed E-state index contributed by atoms with van der Waals surface area (Å²) in [5, 5.41) is 6.90. The predicted molar refractivity (Wildman–Crippen MR) is 125 cm³/mol. The average Bonchev–Trinajstić information content (AvgIpc) is 3.27. The van der Waals surface area contributed by atoms with Crippen LogP contribution in [0.15, 0.2) is 55.0 Å². The van der Waals surface area contributed by atoms with Gasteiger partial charge in [-0.1, -0.05) is 6.92 Å². The molecule has 8 nitrogen and oxygen atoms in total. The number of hydrogen-bond acceptors (Lipinski definition) is 6. The minimum absolute atomic E-state index is 0.160. The predicted octanol–water partition coefficient (Wildman–Crippen LogP) is 3.95. The fourth-order valence-corrected chi connectivity index (χ4v) is 3.62. The van der Waals surface area contributed by atoms with Crippen LogP contribution in [0.1, 0.15) is 23.7 Å². The lowest BCUT2D eigenvalue weighted by Crippen LogP contribution is -2.21. The molecule has 0 aliphatic heterocycles. The Bertz CT molecular complexity index is 1270. The molecule has 0 radical (unpaired) electrons. The van der Waals surface area contributed by atoms with Gasteiger partial charge in [-0.25, -0.2) is 4.98 Å². The summed E-state index contributed by atoms with van der Waals surface area (Å²) in [5.41, 5.74) is 5.68. The number of aryl methyl sites for hydroxylation is 1. The molecule has 4 rings (SSSR count). The maximum Gasteiger partial charge on any atom is 0.251 e. The van der Waals surface area contributed by atoms with Crippen molar-refractivity contribution in [2.24, 2.45) is 7.05 Å². The Labute approximate surface area is 186 Å². The van der Waals surface area contributed by atoms with E-state index in [1.165, 1.54) is 0 Å². The summed E-state index contributed by atoms with van der Waals surface area (Å²) in [4.78, 5) is 23.8. The lowest BCUT2D eigenvalue weighted by molar-refractivity contribution is 0.0962. The number of nitrogens with one attached hydrogen (secondary N) is 1. The molecule has 0 saturated carbocycles. The fraction of sp³-hybridized carbons (Fsp3) is 0.250. The lowest BCUT2D eigenvalue weighted by Gasteiger charge is -2.26. The van der Waals surface area contributed by atoms with Crippen molar-refractivity contribution in [1.82, 2.24) is 25.1 Å². The number of rotatable bonds is 7. The highest BCUT2D eigenvalue weighted by atomic mass is 16.5. The number of ether oxygens (including phenoxy) is 1. The average molecular weight is 431 g/mol. The third-order valence-corrected chi connectivity index (χ3v) is 5.21. The van der Waals surface area contributed by atoms with Crippen molar-refractivity contribution in [3.05, 3.63) is 60.6 Å². The van der Waals surface area contributed by atoms with Crippen LogP contribution in [0.3, 0.4) is 0 Å². The number of fused-ring (bicyclic) bond motifs is 1. The molecule has 0 spiro atoms. The Kier molecular flexibility index (Phi) is 6.02. The molecule has 2 heterocycles. The first-order valence-electron chi connectivity index (χ1n) is 10.5. The third-order valence-electron chi connectivity index (χ3n) is 5.21. The van der Waals surface area contributed by atoms with Gasteiger partial charge in [0.1, 0.15) is 5.75 Å². The Hall–Kier alpha value is -3.94.